The average molecular weight is 365 g/mol. The fourth-order valence-electron chi connectivity index (χ4n) is 3.12. The number of rotatable bonds is 5. The molecule has 7 heteroatoms. The van der Waals surface area contributed by atoms with E-state index in [0.29, 0.717) is 28.8 Å². The lowest BCUT2D eigenvalue weighted by molar-refractivity contribution is 0.0800. The Morgan fingerprint density at radius 1 is 1.37 bits per heavy atom. The van der Waals surface area contributed by atoms with Crippen molar-refractivity contribution in [1.82, 2.24) is 19.7 Å². The SMILES string of the molecule is Cc1cc(-c2cc(C(=O)N(C)CCC#N)c3cnn(C(C)C)c3n2)c(C)o1. The van der Waals surface area contributed by atoms with Crippen LogP contribution in [0.4, 0.5) is 0 Å². The monoisotopic (exact) mass is 365 g/mol. The molecule has 0 N–H and O–H groups in total. The summed E-state index contributed by atoms with van der Waals surface area (Å²) in [4.78, 5) is 19.4. The maximum atomic E-state index is 13.0. The molecule has 0 aliphatic carbocycles. The average Bonchev–Trinajstić information content (AvgIpc) is 3.20. The van der Waals surface area contributed by atoms with Crippen LogP contribution in [0.15, 0.2) is 22.7 Å². The van der Waals surface area contributed by atoms with E-state index in [-0.39, 0.29) is 18.4 Å². The van der Waals surface area contributed by atoms with Crippen LogP contribution in [0, 0.1) is 25.2 Å². The molecule has 0 aromatic carbocycles. The summed E-state index contributed by atoms with van der Waals surface area (Å²) in [6, 6.07) is 5.89. The number of hydrogen-bond donors (Lipinski definition) is 0. The van der Waals surface area contributed by atoms with Crippen LogP contribution in [0.1, 0.15) is 48.2 Å². The zero-order valence-electron chi connectivity index (χ0n) is 16.3. The van der Waals surface area contributed by atoms with Gasteiger partial charge in [0, 0.05) is 25.2 Å². The minimum Gasteiger partial charge on any atom is -0.466 e. The van der Waals surface area contributed by atoms with Gasteiger partial charge in [0.05, 0.1) is 35.3 Å². The van der Waals surface area contributed by atoms with Crippen molar-refractivity contribution in [1.29, 1.82) is 5.26 Å². The number of pyridine rings is 1. The van der Waals surface area contributed by atoms with E-state index >= 15 is 0 Å². The van der Waals surface area contributed by atoms with E-state index in [0.717, 1.165) is 17.1 Å². The Morgan fingerprint density at radius 2 is 2.11 bits per heavy atom. The number of nitrogens with zero attached hydrogens (tertiary/aromatic N) is 5. The van der Waals surface area contributed by atoms with Crippen molar-refractivity contribution < 1.29 is 9.21 Å². The van der Waals surface area contributed by atoms with Gasteiger partial charge in [-0.2, -0.15) is 10.4 Å². The van der Waals surface area contributed by atoms with Crippen LogP contribution in [0.5, 0.6) is 0 Å². The molecule has 0 radical (unpaired) electrons. The Morgan fingerprint density at radius 3 is 2.70 bits per heavy atom. The van der Waals surface area contributed by atoms with Crippen molar-refractivity contribution in [3.05, 3.63) is 35.4 Å². The molecule has 27 heavy (non-hydrogen) atoms. The maximum Gasteiger partial charge on any atom is 0.254 e. The maximum absolute atomic E-state index is 13.0. The number of furan rings is 1. The van der Waals surface area contributed by atoms with Crippen LogP contribution in [0.3, 0.4) is 0 Å². The molecule has 0 spiro atoms. The summed E-state index contributed by atoms with van der Waals surface area (Å²) in [6.07, 6.45) is 1.97. The first-order valence-electron chi connectivity index (χ1n) is 8.91. The predicted octanol–water partition coefficient (Wildman–Crippen LogP) is 3.87. The van der Waals surface area contributed by atoms with E-state index in [1.807, 2.05) is 38.4 Å². The molecule has 0 aliphatic rings. The van der Waals surface area contributed by atoms with Crippen LogP contribution in [0.2, 0.25) is 0 Å². The number of nitriles is 1. The molecule has 0 saturated carbocycles. The van der Waals surface area contributed by atoms with Crippen molar-refractivity contribution in [2.24, 2.45) is 0 Å². The summed E-state index contributed by atoms with van der Waals surface area (Å²) >= 11 is 0. The molecule has 1 amide bonds. The first kappa shape index (κ1) is 18.6. The van der Waals surface area contributed by atoms with Crippen LogP contribution in [-0.2, 0) is 0 Å². The molecule has 3 rings (SSSR count). The highest BCUT2D eigenvalue weighted by Crippen LogP contribution is 2.30. The Kier molecular flexibility index (Phi) is 5.00. The number of fused-ring (bicyclic) bond motifs is 1. The largest absolute Gasteiger partial charge is 0.466 e. The number of hydrogen-bond acceptors (Lipinski definition) is 5. The lowest BCUT2D eigenvalue weighted by atomic mass is 10.1. The molecule has 0 aliphatic heterocycles. The van der Waals surface area contributed by atoms with Gasteiger partial charge in [-0.15, -0.1) is 0 Å². The van der Waals surface area contributed by atoms with E-state index in [1.54, 1.807) is 24.2 Å². The minimum absolute atomic E-state index is 0.108. The molecule has 0 atom stereocenters. The van der Waals surface area contributed by atoms with Gasteiger partial charge in [-0.05, 0) is 39.8 Å². The molecular formula is C20H23N5O2. The first-order valence-corrected chi connectivity index (χ1v) is 8.91. The summed E-state index contributed by atoms with van der Waals surface area (Å²) in [6.45, 7) is 8.18. The molecule has 3 heterocycles. The molecule has 7 nitrogen and oxygen atoms in total. The highest BCUT2D eigenvalue weighted by molar-refractivity contribution is 6.06. The summed E-state index contributed by atoms with van der Waals surface area (Å²) < 4.78 is 7.46. The molecular weight excluding hydrogens is 342 g/mol. The number of aryl methyl sites for hydroxylation is 2. The lowest BCUT2D eigenvalue weighted by Gasteiger charge is -2.17. The van der Waals surface area contributed by atoms with Gasteiger partial charge in [-0.1, -0.05) is 0 Å². The van der Waals surface area contributed by atoms with Gasteiger partial charge < -0.3 is 9.32 Å². The third kappa shape index (κ3) is 3.43. The molecule has 0 bridgehead atoms. The molecule has 0 fully saturated rings. The van der Waals surface area contributed by atoms with Crippen molar-refractivity contribution in [2.45, 2.75) is 40.2 Å². The van der Waals surface area contributed by atoms with Crippen molar-refractivity contribution in [2.75, 3.05) is 13.6 Å². The molecule has 140 valence electrons. The Bertz CT molecular complexity index is 1040. The van der Waals surface area contributed by atoms with Gasteiger partial charge >= 0.3 is 0 Å². The molecule has 3 aromatic heterocycles. The number of carbonyl (C=O) groups excluding carboxylic acids is 1. The van der Waals surface area contributed by atoms with Gasteiger partial charge in [0.15, 0.2) is 5.65 Å². The number of amides is 1. The minimum atomic E-state index is -0.153. The normalized spacial score (nSPS) is 11.1. The second kappa shape index (κ2) is 7.23. The second-order valence-corrected chi connectivity index (χ2v) is 6.94. The third-order valence-electron chi connectivity index (χ3n) is 4.51. The predicted molar refractivity (Wildman–Crippen MR) is 102 cm³/mol. The Labute approximate surface area is 158 Å². The zero-order valence-corrected chi connectivity index (χ0v) is 16.3. The van der Waals surface area contributed by atoms with Crippen LogP contribution < -0.4 is 0 Å². The topological polar surface area (TPSA) is 88.0 Å². The molecule has 0 unspecified atom stereocenters. The van der Waals surface area contributed by atoms with E-state index in [2.05, 4.69) is 11.2 Å². The molecule has 0 saturated heterocycles. The lowest BCUT2D eigenvalue weighted by Crippen LogP contribution is -2.27. The number of aromatic nitrogens is 3. The van der Waals surface area contributed by atoms with Gasteiger partial charge in [-0.25, -0.2) is 9.67 Å². The van der Waals surface area contributed by atoms with Gasteiger partial charge in [0.2, 0.25) is 0 Å². The van der Waals surface area contributed by atoms with Crippen molar-refractivity contribution in [3.63, 3.8) is 0 Å². The highest BCUT2D eigenvalue weighted by Gasteiger charge is 2.22. The first-order chi connectivity index (χ1) is 12.8. The van der Waals surface area contributed by atoms with E-state index < -0.39 is 0 Å². The quantitative estimate of drug-likeness (QED) is 0.685. The number of carbonyl (C=O) groups is 1. The van der Waals surface area contributed by atoms with Gasteiger partial charge in [0.25, 0.3) is 5.91 Å². The highest BCUT2D eigenvalue weighted by atomic mass is 16.3. The Hall–Kier alpha value is -3.14. The fraction of sp³-hybridized carbons (Fsp3) is 0.400. The standard InChI is InChI=1S/C20H23N5O2/c1-12(2)25-19-17(11-22-25)16(20(26)24(5)8-6-7-21)10-18(23-19)15-9-13(3)27-14(15)4/h9-12H,6,8H2,1-5H3. The molecule has 3 aromatic rings. The summed E-state index contributed by atoms with van der Waals surface area (Å²) in [5, 5.41) is 13.9. The van der Waals surface area contributed by atoms with E-state index in [9.17, 15) is 4.79 Å². The second-order valence-electron chi connectivity index (χ2n) is 6.94. The third-order valence-corrected chi connectivity index (χ3v) is 4.51. The van der Waals surface area contributed by atoms with Crippen LogP contribution >= 0.6 is 0 Å². The summed E-state index contributed by atoms with van der Waals surface area (Å²) in [5.41, 5.74) is 2.73. The van der Waals surface area contributed by atoms with E-state index in [4.69, 9.17) is 14.7 Å². The summed E-state index contributed by atoms with van der Waals surface area (Å²) in [7, 11) is 1.70. The smallest absolute Gasteiger partial charge is 0.254 e. The fourth-order valence-corrected chi connectivity index (χ4v) is 3.12. The van der Waals surface area contributed by atoms with Crippen LogP contribution in [-0.4, -0.2) is 39.2 Å². The van der Waals surface area contributed by atoms with Gasteiger partial charge in [0.1, 0.15) is 11.5 Å². The van der Waals surface area contributed by atoms with E-state index in [1.165, 1.54) is 0 Å². The van der Waals surface area contributed by atoms with Gasteiger partial charge in [-0.3, -0.25) is 4.79 Å². The van der Waals surface area contributed by atoms with Crippen molar-refractivity contribution in [3.8, 4) is 17.3 Å². The summed E-state index contributed by atoms with van der Waals surface area (Å²) in [5.74, 6) is 1.40. The zero-order chi connectivity index (χ0) is 19.7. The van der Waals surface area contributed by atoms with Crippen LogP contribution in [0.25, 0.3) is 22.3 Å². The van der Waals surface area contributed by atoms with Crippen molar-refractivity contribution >= 4 is 16.9 Å². The Balaban J connectivity index is 2.21.